The van der Waals surface area contributed by atoms with Crippen LogP contribution in [0.25, 0.3) is 0 Å². The molecule has 20 heavy (non-hydrogen) atoms. The minimum atomic E-state index is 0.911. The molecule has 0 amide bonds. The predicted molar refractivity (Wildman–Crippen MR) is 94.4 cm³/mol. The van der Waals surface area contributed by atoms with Crippen LogP contribution in [0, 0.1) is 0 Å². The van der Waals surface area contributed by atoms with E-state index in [0.29, 0.717) is 0 Å². The summed E-state index contributed by atoms with van der Waals surface area (Å²) < 4.78 is 1.15. The highest BCUT2D eigenvalue weighted by molar-refractivity contribution is 8.01. The molecule has 0 spiro atoms. The highest BCUT2D eigenvalue weighted by atomic mass is 32.2. The third kappa shape index (κ3) is 8.71. The number of thiazole rings is 1. The highest BCUT2D eigenvalue weighted by Crippen LogP contribution is 2.20. The average molecular weight is 333 g/mol. The van der Waals surface area contributed by atoms with Crippen LogP contribution in [0.15, 0.2) is 20.9 Å². The summed E-state index contributed by atoms with van der Waals surface area (Å²) in [5, 5.41) is 8.71. The summed E-state index contributed by atoms with van der Waals surface area (Å²) >= 11 is 5.43. The fourth-order valence-electron chi connectivity index (χ4n) is 1.52. The Labute approximate surface area is 134 Å². The number of guanidine groups is 1. The van der Waals surface area contributed by atoms with Gasteiger partial charge in [0.05, 0.1) is 0 Å². The van der Waals surface area contributed by atoms with Crippen LogP contribution in [-0.2, 0) is 0 Å². The van der Waals surface area contributed by atoms with Crippen molar-refractivity contribution in [3.63, 3.8) is 0 Å². The molecule has 0 aliphatic heterocycles. The molecule has 1 rings (SSSR count). The van der Waals surface area contributed by atoms with Crippen molar-refractivity contribution in [2.75, 3.05) is 37.9 Å². The average Bonchev–Trinajstić information content (AvgIpc) is 2.97. The lowest BCUT2D eigenvalue weighted by Gasteiger charge is -2.11. The van der Waals surface area contributed by atoms with Crippen molar-refractivity contribution in [3.8, 4) is 0 Å². The van der Waals surface area contributed by atoms with Gasteiger partial charge in [-0.3, -0.25) is 4.99 Å². The molecule has 0 saturated heterocycles. The Hall–Kier alpha value is -0.400. The lowest BCUT2D eigenvalue weighted by Crippen LogP contribution is -2.38. The number of unbranched alkanes of at least 4 members (excludes halogenated alkanes) is 1. The molecular formula is C13H24N4S3. The molecule has 0 aliphatic rings. The van der Waals surface area contributed by atoms with Crippen molar-refractivity contribution in [2.24, 2.45) is 4.99 Å². The maximum Gasteiger partial charge on any atom is 0.190 e. The minimum absolute atomic E-state index is 0.911. The fraction of sp³-hybridized carbons (Fsp3) is 0.692. The van der Waals surface area contributed by atoms with Crippen molar-refractivity contribution in [1.82, 2.24) is 15.6 Å². The number of thioether (sulfide) groups is 2. The first kappa shape index (κ1) is 17.7. The van der Waals surface area contributed by atoms with Gasteiger partial charge in [-0.1, -0.05) is 11.8 Å². The number of nitrogens with one attached hydrogen (secondary N) is 2. The summed E-state index contributed by atoms with van der Waals surface area (Å²) in [6.45, 7) is 1.94. The van der Waals surface area contributed by atoms with Crippen LogP contribution < -0.4 is 10.6 Å². The summed E-state index contributed by atoms with van der Waals surface area (Å²) in [6.07, 6.45) is 7.57. The zero-order valence-corrected chi connectivity index (χ0v) is 14.7. The van der Waals surface area contributed by atoms with Crippen LogP contribution in [0.1, 0.15) is 19.3 Å². The molecule has 0 fully saturated rings. The van der Waals surface area contributed by atoms with Gasteiger partial charge >= 0.3 is 0 Å². The van der Waals surface area contributed by atoms with E-state index in [1.165, 1.54) is 18.6 Å². The first-order chi connectivity index (χ1) is 9.86. The Morgan fingerprint density at radius 2 is 2.05 bits per heavy atom. The molecule has 1 heterocycles. The SMILES string of the molecule is CN=C(NCCCCSC)NCCCSc1nccs1. The van der Waals surface area contributed by atoms with E-state index in [0.717, 1.165) is 35.6 Å². The molecule has 2 N–H and O–H groups in total. The van der Waals surface area contributed by atoms with E-state index in [9.17, 15) is 0 Å². The molecular weight excluding hydrogens is 308 g/mol. The summed E-state index contributed by atoms with van der Waals surface area (Å²) in [4.78, 5) is 8.48. The lowest BCUT2D eigenvalue weighted by molar-refractivity contribution is 0.728. The molecule has 4 nitrogen and oxygen atoms in total. The zero-order valence-electron chi connectivity index (χ0n) is 12.2. The standard InChI is InChI=1S/C13H24N4S3/c1-14-12(15-6-3-4-9-18-2)16-7-5-10-19-13-17-8-11-20-13/h8,11H,3-7,9-10H2,1-2H3,(H2,14,15,16). The van der Waals surface area contributed by atoms with E-state index >= 15 is 0 Å². The number of nitrogens with zero attached hydrogens (tertiary/aromatic N) is 2. The third-order valence-corrected chi connectivity index (χ3v) is 5.29. The highest BCUT2D eigenvalue weighted by Gasteiger charge is 1.98. The second-order valence-corrected chi connectivity index (χ2v) is 7.35. The minimum Gasteiger partial charge on any atom is -0.356 e. The summed E-state index contributed by atoms with van der Waals surface area (Å²) in [6, 6.07) is 0. The Kier molecular flexibility index (Phi) is 10.9. The summed E-state index contributed by atoms with van der Waals surface area (Å²) in [5.74, 6) is 3.24. The molecule has 1 aromatic rings. The quantitative estimate of drug-likeness (QED) is 0.299. The monoisotopic (exact) mass is 332 g/mol. The zero-order chi connectivity index (χ0) is 14.5. The van der Waals surface area contributed by atoms with E-state index in [1.54, 1.807) is 11.3 Å². The van der Waals surface area contributed by atoms with Gasteiger partial charge in [0.1, 0.15) is 4.34 Å². The number of aliphatic imine (C=N–C) groups is 1. The van der Waals surface area contributed by atoms with E-state index in [2.05, 4.69) is 26.9 Å². The maximum absolute atomic E-state index is 4.25. The molecule has 0 radical (unpaired) electrons. The lowest BCUT2D eigenvalue weighted by atomic mass is 10.3. The van der Waals surface area contributed by atoms with Crippen LogP contribution in [0.4, 0.5) is 0 Å². The van der Waals surface area contributed by atoms with Crippen LogP contribution >= 0.6 is 34.9 Å². The second kappa shape index (κ2) is 12.3. The molecule has 0 unspecified atom stereocenters. The van der Waals surface area contributed by atoms with Crippen molar-refractivity contribution in [3.05, 3.63) is 11.6 Å². The smallest absolute Gasteiger partial charge is 0.190 e. The Morgan fingerprint density at radius 3 is 2.70 bits per heavy atom. The van der Waals surface area contributed by atoms with Gasteiger partial charge in [0.15, 0.2) is 5.96 Å². The maximum atomic E-state index is 4.25. The second-order valence-electron chi connectivity index (χ2n) is 4.13. The Morgan fingerprint density at radius 1 is 1.25 bits per heavy atom. The van der Waals surface area contributed by atoms with Crippen LogP contribution in [-0.4, -0.2) is 48.8 Å². The van der Waals surface area contributed by atoms with E-state index in [4.69, 9.17) is 0 Å². The van der Waals surface area contributed by atoms with Crippen molar-refractivity contribution >= 4 is 40.8 Å². The number of hydrogen-bond acceptors (Lipinski definition) is 5. The van der Waals surface area contributed by atoms with Crippen LogP contribution in [0.3, 0.4) is 0 Å². The number of hydrogen-bond donors (Lipinski definition) is 2. The van der Waals surface area contributed by atoms with Gasteiger partial charge in [-0.15, -0.1) is 11.3 Å². The predicted octanol–water partition coefficient (Wildman–Crippen LogP) is 2.93. The van der Waals surface area contributed by atoms with Gasteiger partial charge in [-0.05, 0) is 31.3 Å². The van der Waals surface area contributed by atoms with Crippen molar-refractivity contribution in [2.45, 2.75) is 23.6 Å². The van der Waals surface area contributed by atoms with Gasteiger partial charge in [0, 0.05) is 37.5 Å². The van der Waals surface area contributed by atoms with Crippen molar-refractivity contribution in [1.29, 1.82) is 0 Å². The molecule has 0 atom stereocenters. The van der Waals surface area contributed by atoms with Gasteiger partial charge < -0.3 is 10.6 Å². The molecule has 7 heteroatoms. The molecule has 0 aromatic carbocycles. The van der Waals surface area contributed by atoms with Crippen molar-refractivity contribution < 1.29 is 0 Å². The normalized spacial score (nSPS) is 11.6. The number of aromatic nitrogens is 1. The van der Waals surface area contributed by atoms with Gasteiger partial charge in [-0.25, -0.2) is 4.98 Å². The van der Waals surface area contributed by atoms with E-state index < -0.39 is 0 Å². The molecule has 0 bridgehead atoms. The number of rotatable bonds is 10. The summed E-state index contributed by atoms with van der Waals surface area (Å²) in [5.41, 5.74) is 0. The summed E-state index contributed by atoms with van der Waals surface area (Å²) in [7, 11) is 1.82. The first-order valence-electron chi connectivity index (χ1n) is 6.82. The first-order valence-corrected chi connectivity index (χ1v) is 10.1. The fourth-order valence-corrected chi connectivity index (χ4v) is 3.66. The third-order valence-electron chi connectivity index (χ3n) is 2.54. The molecule has 0 aliphatic carbocycles. The molecule has 0 saturated carbocycles. The largest absolute Gasteiger partial charge is 0.356 e. The Balaban J connectivity index is 1.98. The van der Waals surface area contributed by atoms with E-state index in [1.807, 2.05) is 42.1 Å². The van der Waals surface area contributed by atoms with Gasteiger partial charge in [-0.2, -0.15) is 11.8 Å². The van der Waals surface area contributed by atoms with E-state index in [-0.39, 0.29) is 0 Å². The Bertz CT molecular complexity index is 355. The molecule has 114 valence electrons. The topological polar surface area (TPSA) is 49.3 Å². The van der Waals surface area contributed by atoms with Gasteiger partial charge in [0.2, 0.25) is 0 Å². The van der Waals surface area contributed by atoms with Gasteiger partial charge in [0.25, 0.3) is 0 Å². The van der Waals surface area contributed by atoms with Crippen LogP contribution in [0.2, 0.25) is 0 Å². The molecule has 1 aromatic heterocycles. The van der Waals surface area contributed by atoms with Crippen LogP contribution in [0.5, 0.6) is 0 Å².